The average Bonchev–Trinajstić information content (AvgIpc) is 2.41. The van der Waals surface area contributed by atoms with E-state index in [1.165, 1.54) is 0 Å². The Morgan fingerprint density at radius 1 is 1.21 bits per heavy atom. The number of ketones is 1. The molecule has 2 nitrogen and oxygen atoms in total. The van der Waals surface area contributed by atoms with E-state index in [1.54, 1.807) is 24.3 Å². The van der Waals surface area contributed by atoms with Gasteiger partial charge in [0.25, 0.3) is 0 Å². The highest BCUT2D eigenvalue weighted by Crippen LogP contribution is 2.23. The molecule has 0 bridgehead atoms. The highest BCUT2D eigenvalue weighted by Gasteiger charge is 2.03. The van der Waals surface area contributed by atoms with Crippen molar-refractivity contribution in [3.8, 4) is 0 Å². The SMILES string of the molecule is CCN(CC)CCC(=O)C=Cc1ccc(Cl)c(Cl)c1. The average molecular weight is 300 g/mol. The molecule has 0 fully saturated rings. The molecule has 0 aromatic heterocycles. The van der Waals surface area contributed by atoms with Crippen LogP contribution in [0.1, 0.15) is 25.8 Å². The van der Waals surface area contributed by atoms with Crippen LogP contribution >= 0.6 is 23.2 Å². The summed E-state index contributed by atoms with van der Waals surface area (Å²) in [5, 5.41) is 1.02. The van der Waals surface area contributed by atoms with Gasteiger partial charge in [0.1, 0.15) is 0 Å². The number of nitrogens with zero attached hydrogens (tertiary/aromatic N) is 1. The van der Waals surface area contributed by atoms with E-state index in [0.717, 1.165) is 25.2 Å². The van der Waals surface area contributed by atoms with Gasteiger partial charge in [0.05, 0.1) is 10.0 Å². The minimum Gasteiger partial charge on any atom is -0.303 e. The second-order valence-electron chi connectivity index (χ2n) is 4.25. The van der Waals surface area contributed by atoms with Crippen LogP contribution in [0, 0.1) is 0 Å². The zero-order valence-electron chi connectivity index (χ0n) is 11.3. The Hall–Kier alpha value is -0.830. The van der Waals surface area contributed by atoms with Crippen LogP contribution in [0.15, 0.2) is 24.3 Å². The first-order chi connectivity index (χ1) is 9.06. The Morgan fingerprint density at radius 3 is 2.47 bits per heavy atom. The number of carbonyl (C=O) groups excluding carboxylic acids is 1. The predicted molar refractivity (Wildman–Crippen MR) is 82.9 cm³/mol. The summed E-state index contributed by atoms with van der Waals surface area (Å²) < 4.78 is 0. The molecule has 0 amide bonds. The van der Waals surface area contributed by atoms with Gasteiger partial charge in [-0.2, -0.15) is 0 Å². The zero-order valence-corrected chi connectivity index (χ0v) is 12.8. The van der Waals surface area contributed by atoms with Crippen LogP contribution in [0.5, 0.6) is 0 Å². The van der Waals surface area contributed by atoms with E-state index in [0.29, 0.717) is 16.5 Å². The maximum absolute atomic E-state index is 11.7. The fourth-order valence-electron chi connectivity index (χ4n) is 1.70. The molecule has 1 aromatic carbocycles. The van der Waals surface area contributed by atoms with Crippen molar-refractivity contribution in [1.29, 1.82) is 0 Å². The largest absolute Gasteiger partial charge is 0.303 e. The van der Waals surface area contributed by atoms with Gasteiger partial charge in [-0.3, -0.25) is 4.79 Å². The van der Waals surface area contributed by atoms with Crippen LogP contribution in [0.25, 0.3) is 6.08 Å². The lowest BCUT2D eigenvalue weighted by Gasteiger charge is -2.16. The molecule has 104 valence electrons. The summed E-state index contributed by atoms with van der Waals surface area (Å²) in [4.78, 5) is 14.0. The van der Waals surface area contributed by atoms with Gasteiger partial charge in [0, 0.05) is 13.0 Å². The van der Waals surface area contributed by atoms with Gasteiger partial charge in [-0.15, -0.1) is 0 Å². The minimum atomic E-state index is 0.123. The maximum Gasteiger partial charge on any atom is 0.156 e. The van der Waals surface area contributed by atoms with Crippen molar-refractivity contribution in [2.75, 3.05) is 19.6 Å². The third-order valence-electron chi connectivity index (χ3n) is 2.97. The number of hydrogen-bond acceptors (Lipinski definition) is 2. The van der Waals surface area contributed by atoms with Gasteiger partial charge in [0.2, 0.25) is 0 Å². The zero-order chi connectivity index (χ0) is 14.3. The molecule has 1 aromatic rings. The Balaban J connectivity index is 2.51. The molecule has 0 N–H and O–H groups in total. The molecule has 0 saturated heterocycles. The van der Waals surface area contributed by atoms with Crippen molar-refractivity contribution in [3.05, 3.63) is 39.9 Å². The quantitative estimate of drug-likeness (QED) is 0.699. The topological polar surface area (TPSA) is 20.3 Å². The minimum absolute atomic E-state index is 0.123. The number of rotatable bonds is 7. The second kappa shape index (κ2) is 8.36. The summed E-state index contributed by atoms with van der Waals surface area (Å²) in [6.45, 7) is 6.94. The third-order valence-corrected chi connectivity index (χ3v) is 3.71. The molecular formula is C15H19Cl2NO. The predicted octanol–water partition coefficient (Wildman–Crippen LogP) is 4.31. The maximum atomic E-state index is 11.7. The van der Waals surface area contributed by atoms with E-state index < -0.39 is 0 Å². The fraction of sp³-hybridized carbons (Fsp3) is 0.400. The van der Waals surface area contributed by atoms with Gasteiger partial charge in [-0.05, 0) is 36.9 Å². The highest BCUT2D eigenvalue weighted by atomic mass is 35.5. The van der Waals surface area contributed by atoms with Gasteiger partial charge in [-0.1, -0.05) is 49.2 Å². The number of benzene rings is 1. The number of carbonyl (C=O) groups is 1. The number of hydrogen-bond donors (Lipinski definition) is 0. The summed E-state index contributed by atoms with van der Waals surface area (Å²) in [6.07, 6.45) is 3.91. The van der Waals surface area contributed by atoms with Crippen LogP contribution in [0.4, 0.5) is 0 Å². The lowest BCUT2D eigenvalue weighted by molar-refractivity contribution is -0.114. The second-order valence-corrected chi connectivity index (χ2v) is 5.06. The first kappa shape index (κ1) is 16.2. The first-order valence-electron chi connectivity index (χ1n) is 6.45. The van der Waals surface area contributed by atoms with Crippen LogP contribution in [-0.2, 0) is 4.79 Å². The molecule has 0 heterocycles. The summed E-state index contributed by atoms with van der Waals surface area (Å²) in [6, 6.07) is 5.31. The first-order valence-corrected chi connectivity index (χ1v) is 7.20. The lowest BCUT2D eigenvalue weighted by Crippen LogP contribution is -2.25. The Morgan fingerprint density at radius 2 is 1.89 bits per heavy atom. The third kappa shape index (κ3) is 5.77. The van der Waals surface area contributed by atoms with Gasteiger partial charge in [0.15, 0.2) is 5.78 Å². The smallest absolute Gasteiger partial charge is 0.156 e. The summed E-state index contributed by atoms with van der Waals surface area (Å²) in [7, 11) is 0. The Kier molecular flexibility index (Phi) is 7.14. The van der Waals surface area contributed by atoms with Crippen LogP contribution in [-0.4, -0.2) is 30.3 Å². The molecule has 19 heavy (non-hydrogen) atoms. The Bertz CT molecular complexity index is 453. The van der Waals surface area contributed by atoms with E-state index in [9.17, 15) is 4.79 Å². The highest BCUT2D eigenvalue weighted by molar-refractivity contribution is 6.42. The molecule has 0 aliphatic carbocycles. The normalized spacial score (nSPS) is 11.4. The van der Waals surface area contributed by atoms with E-state index >= 15 is 0 Å². The van der Waals surface area contributed by atoms with E-state index in [4.69, 9.17) is 23.2 Å². The standard InChI is InChI=1S/C15H19Cl2NO/c1-3-18(4-2)10-9-13(19)7-5-12-6-8-14(16)15(17)11-12/h5-8,11H,3-4,9-10H2,1-2H3. The fourth-order valence-corrected chi connectivity index (χ4v) is 2.00. The van der Waals surface area contributed by atoms with Crippen LogP contribution < -0.4 is 0 Å². The van der Waals surface area contributed by atoms with E-state index in [1.807, 2.05) is 6.07 Å². The van der Waals surface area contributed by atoms with Gasteiger partial charge in [-0.25, -0.2) is 0 Å². The van der Waals surface area contributed by atoms with Crippen molar-refractivity contribution in [1.82, 2.24) is 4.90 Å². The molecule has 0 aliphatic rings. The molecule has 0 unspecified atom stereocenters. The van der Waals surface area contributed by atoms with Crippen molar-refractivity contribution in [2.45, 2.75) is 20.3 Å². The molecular weight excluding hydrogens is 281 g/mol. The monoisotopic (exact) mass is 299 g/mol. The molecule has 1 rings (SSSR count). The summed E-state index contributed by atoms with van der Waals surface area (Å²) in [5.41, 5.74) is 0.880. The molecule has 0 aliphatic heterocycles. The van der Waals surface area contributed by atoms with Crippen LogP contribution in [0.2, 0.25) is 10.0 Å². The molecule has 0 saturated carbocycles. The Labute approximate surface area is 125 Å². The number of halogens is 2. The summed E-state index contributed by atoms with van der Waals surface area (Å²) >= 11 is 11.7. The van der Waals surface area contributed by atoms with Crippen molar-refractivity contribution in [3.63, 3.8) is 0 Å². The molecule has 0 radical (unpaired) electrons. The van der Waals surface area contributed by atoms with Crippen molar-refractivity contribution in [2.24, 2.45) is 0 Å². The van der Waals surface area contributed by atoms with Gasteiger partial charge >= 0.3 is 0 Å². The molecule has 4 heteroatoms. The molecule has 0 atom stereocenters. The van der Waals surface area contributed by atoms with Gasteiger partial charge < -0.3 is 4.90 Å². The van der Waals surface area contributed by atoms with E-state index in [2.05, 4.69) is 18.7 Å². The molecule has 0 spiro atoms. The lowest BCUT2D eigenvalue weighted by atomic mass is 10.1. The van der Waals surface area contributed by atoms with Crippen molar-refractivity contribution >= 4 is 35.1 Å². The van der Waals surface area contributed by atoms with E-state index in [-0.39, 0.29) is 5.78 Å². The van der Waals surface area contributed by atoms with Crippen molar-refractivity contribution < 1.29 is 4.79 Å². The summed E-state index contributed by atoms with van der Waals surface area (Å²) in [5.74, 6) is 0.123. The number of allylic oxidation sites excluding steroid dienone is 1. The van der Waals surface area contributed by atoms with Crippen LogP contribution in [0.3, 0.4) is 0 Å².